The maximum absolute atomic E-state index is 16.0. The first kappa shape index (κ1) is 54.9. The highest BCUT2D eigenvalue weighted by Crippen LogP contribution is 2.66. The molecule has 3 aromatic carbocycles. The molecule has 23 heteroatoms. The second-order valence-corrected chi connectivity index (χ2v) is 21.7. The van der Waals surface area contributed by atoms with Crippen molar-refractivity contribution in [3.8, 4) is 23.0 Å². The average molecular weight is 1070 g/mol. The highest BCUT2D eigenvalue weighted by atomic mass is 35.5. The lowest BCUT2D eigenvalue weighted by molar-refractivity contribution is -0.199. The van der Waals surface area contributed by atoms with E-state index < -0.39 is 95.1 Å². The third-order valence-electron chi connectivity index (χ3n) is 15.5. The van der Waals surface area contributed by atoms with Crippen molar-refractivity contribution >= 4 is 60.2 Å². The van der Waals surface area contributed by atoms with Crippen LogP contribution in [0, 0.1) is 28.9 Å². The molecule has 19 nitrogen and oxygen atoms in total. The van der Waals surface area contributed by atoms with Gasteiger partial charge in [-0.25, -0.2) is 23.2 Å². The summed E-state index contributed by atoms with van der Waals surface area (Å²) in [5.74, 6) is -7.11. The van der Waals surface area contributed by atoms with Crippen LogP contribution in [0.15, 0.2) is 42.5 Å². The molecule has 3 aromatic rings. The zero-order chi connectivity index (χ0) is 54.5. The number of halogens is 3. The lowest BCUT2D eigenvalue weighted by atomic mass is 9.43. The first-order valence-corrected chi connectivity index (χ1v) is 25.3. The Morgan fingerprint density at radius 3 is 2.11 bits per heavy atom. The largest absolute Gasteiger partial charge is 0.497 e. The van der Waals surface area contributed by atoms with Crippen molar-refractivity contribution in [2.24, 2.45) is 17.3 Å². The van der Waals surface area contributed by atoms with Crippen LogP contribution in [0.5, 0.6) is 23.0 Å². The molecular weight excluding hydrogens is 1000 g/mol. The van der Waals surface area contributed by atoms with Gasteiger partial charge in [0.25, 0.3) is 0 Å². The van der Waals surface area contributed by atoms with Crippen LogP contribution in [0.1, 0.15) is 94.8 Å². The Morgan fingerprint density at radius 1 is 0.827 bits per heavy atom. The molecule has 9 rings (SSSR count). The van der Waals surface area contributed by atoms with Crippen LogP contribution in [0.25, 0.3) is 0 Å². The van der Waals surface area contributed by atoms with Crippen LogP contribution < -0.4 is 34.9 Å². The van der Waals surface area contributed by atoms with Crippen LogP contribution in [-0.2, 0) is 34.9 Å². The summed E-state index contributed by atoms with van der Waals surface area (Å²) in [4.78, 5) is 87.6. The van der Waals surface area contributed by atoms with Gasteiger partial charge in [0, 0.05) is 43.5 Å². The van der Waals surface area contributed by atoms with Gasteiger partial charge in [0.15, 0.2) is 17.3 Å². The number of benzene rings is 3. The number of hydrogen-bond acceptors (Lipinski definition) is 13. The van der Waals surface area contributed by atoms with Gasteiger partial charge in [-0.05, 0) is 119 Å². The molecule has 6 fully saturated rings. The van der Waals surface area contributed by atoms with E-state index in [9.17, 15) is 24.0 Å². The molecule has 6 aliphatic rings. The number of esters is 1. The summed E-state index contributed by atoms with van der Waals surface area (Å²) in [5.41, 5.74) is -1.87. The predicted molar refractivity (Wildman–Crippen MR) is 270 cm³/mol. The van der Waals surface area contributed by atoms with Gasteiger partial charge in [-0.15, -0.1) is 0 Å². The van der Waals surface area contributed by atoms with Crippen molar-refractivity contribution in [1.82, 2.24) is 25.3 Å². The van der Waals surface area contributed by atoms with E-state index in [0.717, 1.165) is 18.6 Å². The molecule has 7 amide bonds. The number of piperazine rings is 1. The maximum atomic E-state index is 16.0. The fourth-order valence-corrected chi connectivity index (χ4v) is 11.8. The SMILES string of the molecule is COc1ccc(NC(=O)N2CCC(N3CCN(C(=O)NC(C(=O)NC(Cc4ccc(F)c(C(=O)OC(C)(C)C)c4OC)B4O[C@@H]5C[C@@H]6C[C@@H](C6(C)C)[C@]5(C)O4)c4cc(F)c(OC)c(OC)c4Cl)C(=O)C3=O)CC2)cc1. The summed E-state index contributed by atoms with van der Waals surface area (Å²) in [6.45, 7) is 11.4. The lowest BCUT2D eigenvalue weighted by Gasteiger charge is -2.64. The topological polar surface area (TPSA) is 213 Å². The summed E-state index contributed by atoms with van der Waals surface area (Å²) in [7, 11) is 3.99. The van der Waals surface area contributed by atoms with E-state index in [-0.39, 0.29) is 77.6 Å². The Bertz CT molecular complexity index is 2740. The van der Waals surface area contributed by atoms with Gasteiger partial charge in [-0.3, -0.25) is 19.3 Å². The second-order valence-electron chi connectivity index (χ2n) is 21.3. The van der Waals surface area contributed by atoms with Crippen molar-refractivity contribution < 1.29 is 70.5 Å². The fraction of sp³-hybridized carbons (Fsp3) is 0.538. The van der Waals surface area contributed by atoms with E-state index in [1.54, 1.807) is 57.0 Å². The van der Waals surface area contributed by atoms with E-state index in [1.807, 2.05) is 6.92 Å². The summed E-state index contributed by atoms with van der Waals surface area (Å²) in [6.07, 6.45) is 1.67. The van der Waals surface area contributed by atoms with E-state index in [0.29, 0.717) is 41.5 Å². The third-order valence-corrected chi connectivity index (χ3v) is 15.9. The van der Waals surface area contributed by atoms with Gasteiger partial charge < -0.3 is 58.7 Å². The first-order chi connectivity index (χ1) is 35.4. The van der Waals surface area contributed by atoms with E-state index in [4.69, 9.17) is 44.6 Å². The molecule has 0 spiro atoms. The van der Waals surface area contributed by atoms with E-state index >= 15 is 13.6 Å². The number of imide groups is 1. The normalized spacial score (nSPS) is 23.1. The molecule has 404 valence electrons. The minimum atomic E-state index is -1.91. The molecule has 3 N–H and O–H groups in total. The molecule has 3 saturated carbocycles. The standard InChI is InChI=1S/C52H64BClF2N6O13/c1-50(2,3)73-47(66)38-33(55)16-11-27(41(38)70-8)23-37(53-74-36-25-28-24-35(51(28,4)5)52(36,6)75-53)58-44(63)40(32-26-34(56)42(71-9)43(72-10)39(32)54)59-49(68)62-22-21-61(45(64)46(62)65)30-17-19-60(20-18-30)48(67)57-29-12-14-31(69-7)15-13-29/h11-16,26,28,30,35-37,40H,17-25H2,1-10H3,(H,57,67)(H,58,63)(H,59,68)/t28-,35-,36+,37?,40?,52-/m0/s1. The van der Waals surface area contributed by atoms with E-state index in [1.165, 1.54) is 32.3 Å². The maximum Gasteiger partial charge on any atom is 0.482 e. The summed E-state index contributed by atoms with van der Waals surface area (Å²) < 4.78 is 72.2. The smallest absolute Gasteiger partial charge is 0.482 e. The molecule has 6 atom stereocenters. The highest BCUT2D eigenvalue weighted by Gasteiger charge is 2.68. The summed E-state index contributed by atoms with van der Waals surface area (Å²) in [5, 5.41) is 7.96. The number of carbonyl (C=O) groups is 6. The van der Waals surface area contributed by atoms with Gasteiger partial charge >= 0.3 is 37.0 Å². The van der Waals surface area contributed by atoms with Crippen LogP contribution >= 0.6 is 11.6 Å². The molecule has 2 bridgehead atoms. The number of ether oxygens (including phenoxy) is 5. The van der Waals surface area contributed by atoms with Crippen LogP contribution in [0.3, 0.4) is 0 Å². The van der Waals surface area contributed by atoms with Crippen LogP contribution in [0.2, 0.25) is 5.02 Å². The predicted octanol–water partition coefficient (Wildman–Crippen LogP) is 6.72. The first-order valence-electron chi connectivity index (χ1n) is 24.9. The van der Waals surface area contributed by atoms with Gasteiger partial charge in [0.2, 0.25) is 5.91 Å². The number of anilines is 1. The van der Waals surface area contributed by atoms with Gasteiger partial charge in [-0.1, -0.05) is 31.5 Å². The molecule has 3 aliphatic heterocycles. The molecular formula is C52H64BClF2N6O13. The molecule has 3 aliphatic carbocycles. The number of nitrogens with one attached hydrogen (secondary N) is 3. The Hall–Kier alpha value is -6.39. The van der Waals surface area contributed by atoms with Gasteiger partial charge in [-0.2, -0.15) is 0 Å². The minimum absolute atomic E-state index is 0.0644. The van der Waals surface area contributed by atoms with Crippen molar-refractivity contribution in [3.05, 3.63) is 75.8 Å². The van der Waals surface area contributed by atoms with E-state index in [2.05, 4.69) is 29.8 Å². The molecule has 0 radical (unpaired) electrons. The second kappa shape index (κ2) is 21.3. The molecule has 2 unspecified atom stereocenters. The molecule has 75 heavy (non-hydrogen) atoms. The van der Waals surface area contributed by atoms with Crippen molar-refractivity contribution in [3.63, 3.8) is 0 Å². The van der Waals surface area contributed by atoms with Crippen LogP contribution in [0.4, 0.5) is 24.1 Å². The number of piperidine rings is 1. The van der Waals surface area contributed by atoms with Crippen LogP contribution in [-0.4, -0.2) is 141 Å². The monoisotopic (exact) mass is 1060 g/mol. The highest BCUT2D eigenvalue weighted by molar-refractivity contribution is 6.48. The fourth-order valence-electron chi connectivity index (χ4n) is 11.4. The minimum Gasteiger partial charge on any atom is -0.497 e. The van der Waals surface area contributed by atoms with Crippen molar-refractivity contribution in [2.45, 2.75) is 109 Å². The number of likely N-dealkylation sites (tertiary alicyclic amines) is 1. The van der Waals surface area contributed by atoms with Gasteiger partial charge in [0.1, 0.15) is 34.5 Å². The Morgan fingerprint density at radius 2 is 1.49 bits per heavy atom. The number of methoxy groups -OCH3 is 4. The third kappa shape index (κ3) is 10.6. The zero-order valence-corrected chi connectivity index (χ0v) is 44.5. The average Bonchev–Trinajstić information content (AvgIpc) is 3.74. The lowest BCUT2D eigenvalue weighted by Crippen LogP contribution is -2.65. The number of rotatable bonds is 14. The Balaban J connectivity index is 1.06. The Labute approximate surface area is 439 Å². The zero-order valence-electron chi connectivity index (χ0n) is 43.7. The summed E-state index contributed by atoms with van der Waals surface area (Å²) >= 11 is 6.88. The number of hydrogen-bond donors (Lipinski definition) is 3. The number of carbonyl (C=O) groups excluding carboxylic acids is 6. The molecule has 3 saturated heterocycles. The quantitative estimate of drug-likeness (QED) is 0.0871. The number of amides is 7. The molecule has 0 aromatic heterocycles. The van der Waals surface area contributed by atoms with Crippen molar-refractivity contribution in [1.29, 1.82) is 0 Å². The Kier molecular flexibility index (Phi) is 15.6. The molecule has 3 heterocycles. The summed E-state index contributed by atoms with van der Waals surface area (Å²) in [6, 6.07) is 6.34. The number of nitrogens with zero attached hydrogens (tertiary/aromatic N) is 3. The van der Waals surface area contributed by atoms with Crippen molar-refractivity contribution in [2.75, 3.05) is 59.9 Å². The number of urea groups is 2. The van der Waals surface area contributed by atoms with Gasteiger partial charge in [0.05, 0.1) is 51.1 Å².